The van der Waals surface area contributed by atoms with Crippen molar-refractivity contribution < 1.29 is 22.4 Å². The third-order valence-corrected chi connectivity index (χ3v) is 4.59. The fraction of sp³-hybridized carbons (Fsp3) is 0.364. The maximum Gasteiger partial charge on any atom is 0.245 e. The predicted octanol–water partition coefficient (Wildman–Crippen LogP) is 0.968. The molecular formula is C11H15F2N3O3S. The van der Waals surface area contributed by atoms with E-state index in [0.717, 1.165) is 16.4 Å². The highest BCUT2D eigenvalue weighted by molar-refractivity contribution is 7.89. The van der Waals surface area contributed by atoms with E-state index in [1.165, 1.54) is 7.05 Å². The molecule has 0 spiro atoms. The van der Waals surface area contributed by atoms with Gasteiger partial charge in [-0.2, -0.15) is 0 Å². The van der Waals surface area contributed by atoms with E-state index in [1.807, 2.05) is 0 Å². The van der Waals surface area contributed by atoms with Crippen LogP contribution in [0.3, 0.4) is 0 Å². The van der Waals surface area contributed by atoms with Crippen LogP contribution < -0.4 is 5.73 Å². The Morgan fingerprint density at radius 3 is 2.60 bits per heavy atom. The molecular weight excluding hydrogens is 292 g/mol. The van der Waals surface area contributed by atoms with Crippen LogP contribution >= 0.6 is 0 Å². The minimum atomic E-state index is -4.12. The Kier molecular flexibility index (Phi) is 5.01. The van der Waals surface area contributed by atoms with Crippen LogP contribution in [0.5, 0.6) is 0 Å². The highest BCUT2D eigenvalue weighted by Gasteiger charge is 2.26. The monoisotopic (exact) mass is 307 g/mol. The molecule has 0 saturated heterocycles. The first-order valence-electron chi connectivity index (χ1n) is 5.59. The van der Waals surface area contributed by atoms with E-state index in [4.69, 9.17) is 10.9 Å². The molecule has 0 aromatic heterocycles. The average molecular weight is 307 g/mol. The molecule has 0 radical (unpaired) electrons. The zero-order valence-electron chi connectivity index (χ0n) is 10.9. The smallest absolute Gasteiger partial charge is 0.245 e. The lowest BCUT2D eigenvalue weighted by Gasteiger charge is -2.20. The summed E-state index contributed by atoms with van der Waals surface area (Å²) in [5.41, 5.74) is 5.35. The number of oxime groups is 1. The number of benzene rings is 1. The van der Waals surface area contributed by atoms with E-state index >= 15 is 0 Å². The second-order valence-corrected chi connectivity index (χ2v) is 6.30. The van der Waals surface area contributed by atoms with Gasteiger partial charge in [0.25, 0.3) is 0 Å². The lowest BCUT2D eigenvalue weighted by molar-refractivity contribution is 0.312. The minimum Gasteiger partial charge on any atom is -0.409 e. The molecule has 1 atom stereocenters. The zero-order valence-corrected chi connectivity index (χ0v) is 11.7. The number of amidine groups is 1. The van der Waals surface area contributed by atoms with Crippen molar-refractivity contribution in [2.45, 2.75) is 11.8 Å². The van der Waals surface area contributed by atoms with Gasteiger partial charge in [0.2, 0.25) is 10.0 Å². The van der Waals surface area contributed by atoms with Crippen LogP contribution in [0.25, 0.3) is 0 Å². The Morgan fingerprint density at radius 2 is 2.10 bits per heavy atom. The summed E-state index contributed by atoms with van der Waals surface area (Å²) < 4.78 is 51.4. The molecule has 3 N–H and O–H groups in total. The molecule has 0 bridgehead atoms. The van der Waals surface area contributed by atoms with Gasteiger partial charge < -0.3 is 10.9 Å². The van der Waals surface area contributed by atoms with Crippen molar-refractivity contribution in [1.29, 1.82) is 0 Å². The predicted molar refractivity (Wildman–Crippen MR) is 68.7 cm³/mol. The summed E-state index contributed by atoms with van der Waals surface area (Å²) in [6.07, 6.45) is 0. The maximum absolute atomic E-state index is 13.5. The first kappa shape index (κ1) is 16.3. The minimum absolute atomic E-state index is 0.116. The van der Waals surface area contributed by atoms with Gasteiger partial charge in [-0.25, -0.2) is 21.5 Å². The van der Waals surface area contributed by atoms with Crippen LogP contribution in [0.1, 0.15) is 6.92 Å². The molecule has 9 heteroatoms. The molecule has 6 nitrogen and oxygen atoms in total. The van der Waals surface area contributed by atoms with Gasteiger partial charge in [0.1, 0.15) is 22.4 Å². The zero-order chi connectivity index (χ0) is 15.5. The molecule has 0 aliphatic rings. The molecule has 1 aromatic rings. The van der Waals surface area contributed by atoms with Gasteiger partial charge in [-0.15, -0.1) is 0 Å². The molecule has 1 unspecified atom stereocenters. The van der Waals surface area contributed by atoms with Crippen LogP contribution in [0.15, 0.2) is 28.3 Å². The molecule has 1 aromatic carbocycles. The molecule has 0 aliphatic carbocycles. The van der Waals surface area contributed by atoms with E-state index in [-0.39, 0.29) is 12.4 Å². The van der Waals surface area contributed by atoms with Crippen molar-refractivity contribution in [2.24, 2.45) is 16.8 Å². The van der Waals surface area contributed by atoms with Crippen LogP contribution in [0.2, 0.25) is 0 Å². The number of rotatable bonds is 5. The number of halogens is 2. The molecule has 20 heavy (non-hydrogen) atoms. The van der Waals surface area contributed by atoms with Crippen LogP contribution in [0, 0.1) is 17.6 Å². The Bertz CT molecular complexity index is 619. The van der Waals surface area contributed by atoms with Crippen molar-refractivity contribution in [3.63, 3.8) is 0 Å². The van der Waals surface area contributed by atoms with Crippen molar-refractivity contribution >= 4 is 15.9 Å². The quantitative estimate of drug-likeness (QED) is 0.367. The first-order valence-corrected chi connectivity index (χ1v) is 7.03. The lowest BCUT2D eigenvalue weighted by Crippen LogP contribution is -2.36. The van der Waals surface area contributed by atoms with Gasteiger partial charge in [-0.3, -0.25) is 0 Å². The molecule has 0 aliphatic heterocycles. The van der Waals surface area contributed by atoms with E-state index in [9.17, 15) is 17.2 Å². The standard InChI is InChI=1S/C11H15F2N3O3S/c1-7(11(14)15-17)6-16(2)20(18,19)10-4-3-8(12)5-9(10)13/h3-5,7,17H,6H2,1-2H3,(H2,14,15). The van der Waals surface area contributed by atoms with Crippen molar-refractivity contribution in [2.75, 3.05) is 13.6 Å². The number of sulfonamides is 1. The number of nitrogens with zero attached hydrogens (tertiary/aromatic N) is 2. The third-order valence-electron chi connectivity index (χ3n) is 2.73. The van der Waals surface area contributed by atoms with Gasteiger partial charge in [-0.1, -0.05) is 12.1 Å². The van der Waals surface area contributed by atoms with Crippen molar-refractivity contribution in [3.8, 4) is 0 Å². The Morgan fingerprint density at radius 1 is 1.50 bits per heavy atom. The molecule has 0 heterocycles. The van der Waals surface area contributed by atoms with Crippen LogP contribution in [0.4, 0.5) is 8.78 Å². The molecule has 0 saturated carbocycles. The largest absolute Gasteiger partial charge is 0.409 e. The summed E-state index contributed by atoms with van der Waals surface area (Å²) >= 11 is 0. The van der Waals surface area contributed by atoms with E-state index < -0.39 is 32.5 Å². The van der Waals surface area contributed by atoms with Crippen molar-refractivity contribution in [3.05, 3.63) is 29.8 Å². The Labute approximate surface area is 115 Å². The molecule has 1 rings (SSSR count). The van der Waals surface area contributed by atoms with Gasteiger partial charge in [-0.05, 0) is 12.1 Å². The summed E-state index contributed by atoms with van der Waals surface area (Å²) in [5.74, 6) is -2.75. The second-order valence-electron chi connectivity index (χ2n) is 4.29. The molecule has 0 amide bonds. The Balaban J connectivity index is 3.04. The van der Waals surface area contributed by atoms with E-state index in [0.29, 0.717) is 6.07 Å². The van der Waals surface area contributed by atoms with Gasteiger partial charge in [0.15, 0.2) is 0 Å². The van der Waals surface area contributed by atoms with Crippen molar-refractivity contribution in [1.82, 2.24) is 4.31 Å². The van der Waals surface area contributed by atoms with E-state index in [1.54, 1.807) is 6.92 Å². The second kappa shape index (κ2) is 6.14. The van der Waals surface area contributed by atoms with Crippen LogP contribution in [-0.2, 0) is 10.0 Å². The molecule has 0 fully saturated rings. The van der Waals surface area contributed by atoms with Crippen LogP contribution in [-0.4, -0.2) is 37.4 Å². The summed E-state index contributed by atoms with van der Waals surface area (Å²) in [7, 11) is -2.90. The normalized spacial score (nSPS) is 14.6. The number of hydrogen-bond acceptors (Lipinski definition) is 4. The highest BCUT2D eigenvalue weighted by atomic mass is 32.2. The van der Waals surface area contributed by atoms with Gasteiger partial charge in [0.05, 0.1) is 0 Å². The summed E-state index contributed by atoms with van der Waals surface area (Å²) in [5, 5.41) is 11.3. The fourth-order valence-corrected chi connectivity index (χ4v) is 2.83. The number of hydrogen-bond donors (Lipinski definition) is 2. The lowest BCUT2D eigenvalue weighted by atomic mass is 10.2. The highest BCUT2D eigenvalue weighted by Crippen LogP contribution is 2.20. The summed E-state index contributed by atoms with van der Waals surface area (Å²) in [4.78, 5) is -0.631. The Hall–Kier alpha value is -1.74. The SMILES string of the molecule is CC(CN(C)S(=O)(=O)c1ccc(F)cc1F)C(N)=NO. The van der Waals surface area contributed by atoms with Gasteiger partial charge in [0, 0.05) is 25.6 Å². The van der Waals surface area contributed by atoms with Gasteiger partial charge >= 0.3 is 0 Å². The summed E-state index contributed by atoms with van der Waals surface area (Å²) in [6, 6.07) is 2.20. The van der Waals surface area contributed by atoms with E-state index in [2.05, 4.69) is 5.16 Å². The topological polar surface area (TPSA) is 96.0 Å². The third kappa shape index (κ3) is 3.42. The first-order chi connectivity index (χ1) is 9.20. The number of nitrogens with two attached hydrogens (primary N) is 1. The average Bonchev–Trinajstić information content (AvgIpc) is 2.36. The summed E-state index contributed by atoms with van der Waals surface area (Å²) in [6.45, 7) is 1.43. The molecule has 112 valence electrons. The maximum atomic E-state index is 13.5. The fourth-order valence-electron chi connectivity index (χ4n) is 1.53.